The highest BCUT2D eigenvalue weighted by molar-refractivity contribution is 5.01. The Kier molecular flexibility index (Phi) is 4.77. The summed E-state index contributed by atoms with van der Waals surface area (Å²) >= 11 is 0. The summed E-state index contributed by atoms with van der Waals surface area (Å²) in [6.07, 6.45) is 0.588. The van der Waals surface area contributed by atoms with Gasteiger partial charge in [-0.2, -0.15) is 0 Å². The van der Waals surface area contributed by atoms with Gasteiger partial charge in [0.25, 0.3) is 0 Å². The Morgan fingerprint density at radius 1 is 1.25 bits per heavy atom. The van der Waals surface area contributed by atoms with Gasteiger partial charge in [-0.3, -0.25) is 4.90 Å². The zero-order chi connectivity index (χ0) is 8.65. The Balaban J connectivity index is 2.09. The molecule has 1 aliphatic rings. The molecule has 0 amide bonds. The van der Waals surface area contributed by atoms with E-state index in [0.29, 0.717) is 6.42 Å². The maximum atomic E-state index is 8.47. The minimum Gasteiger partial charge on any atom is -0.395 e. The van der Waals surface area contributed by atoms with Crippen LogP contribution >= 0.6 is 0 Å². The number of morpholine rings is 1. The van der Waals surface area contributed by atoms with Crippen LogP contribution in [-0.2, 0) is 4.74 Å². The smallest absolute Gasteiger partial charge is 0.0603 e. The molecule has 1 saturated heterocycles. The highest BCUT2D eigenvalue weighted by Gasteiger charge is 2.07. The predicted octanol–water partition coefficient (Wildman–Crippen LogP) is -0.296. The van der Waals surface area contributed by atoms with Crippen molar-refractivity contribution < 1.29 is 9.84 Å². The summed E-state index contributed by atoms with van der Waals surface area (Å²) in [5, 5.41) is 8.47. The van der Waals surface area contributed by atoms with Crippen molar-refractivity contribution in [3.63, 3.8) is 0 Å². The lowest BCUT2D eigenvalue weighted by atomic mass is 10.4. The van der Waals surface area contributed by atoms with Gasteiger partial charge >= 0.3 is 0 Å². The van der Waals surface area contributed by atoms with Crippen LogP contribution < -0.4 is 0 Å². The number of hydrogen-bond acceptors (Lipinski definition) is 3. The lowest BCUT2D eigenvalue weighted by molar-refractivity contribution is 0.0443. The first-order valence-corrected chi connectivity index (χ1v) is 4.30. The minimum atomic E-state index is 0.163. The van der Waals surface area contributed by atoms with Crippen LogP contribution in [-0.4, -0.2) is 49.5 Å². The highest BCUT2D eigenvalue weighted by atomic mass is 16.5. The number of aliphatic hydroxyl groups excluding tert-OH is 1. The van der Waals surface area contributed by atoms with Gasteiger partial charge in [0, 0.05) is 19.5 Å². The fourth-order valence-electron chi connectivity index (χ4n) is 1.07. The summed E-state index contributed by atoms with van der Waals surface area (Å²) in [6, 6.07) is 0. The van der Waals surface area contributed by atoms with Gasteiger partial charge in [-0.05, 0) is 0 Å². The number of nitrogens with zero attached hydrogens (tertiary/aromatic N) is 1. The second-order valence-electron chi connectivity index (χ2n) is 2.72. The van der Waals surface area contributed by atoms with Gasteiger partial charge in [0.1, 0.15) is 0 Å². The van der Waals surface area contributed by atoms with E-state index in [1.165, 1.54) is 0 Å². The largest absolute Gasteiger partial charge is 0.395 e. The molecule has 1 heterocycles. The van der Waals surface area contributed by atoms with E-state index in [-0.39, 0.29) is 6.61 Å². The van der Waals surface area contributed by atoms with Crippen LogP contribution in [0.5, 0.6) is 0 Å². The van der Waals surface area contributed by atoms with E-state index in [1.54, 1.807) is 0 Å². The molecule has 0 aromatic rings. The predicted molar refractivity (Wildman–Crippen MR) is 46.7 cm³/mol. The van der Waals surface area contributed by atoms with Crippen molar-refractivity contribution in [1.82, 2.24) is 4.90 Å². The molecule has 0 saturated carbocycles. The van der Waals surface area contributed by atoms with Crippen molar-refractivity contribution in [3.05, 3.63) is 0 Å². The van der Waals surface area contributed by atoms with Crippen molar-refractivity contribution in [2.75, 3.05) is 39.5 Å². The first kappa shape index (κ1) is 9.53. The Morgan fingerprint density at radius 3 is 2.67 bits per heavy atom. The van der Waals surface area contributed by atoms with Gasteiger partial charge in [0.05, 0.1) is 26.4 Å². The van der Waals surface area contributed by atoms with Gasteiger partial charge in [0.2, 0.25) is 0 Å². The van der Waals surface area contributed by atoms with Crippen LogP contribution in [0.3, 0.4) is 0 Å². The van der Waals surface area contributed by atoms with Gasteiger partial charge in [-0.1, -0.05) is 11.8 Å². The second-order valence-corrected chi connectivity index (χ2v) is 2.72. The lowest BCUT2D eigenvalue weighted by Crippen LogP contribution is -2.36. The summed E-state index contributed by atoms with van der Waals surface area (Å²) in [6.45, 7) is 4.57. The standard InChI is InChI=1S/C9H15NO2/c11-7-3-1-2-4-10-5-8-12-9-6-10/h11H,3-9H2. The Morgan fingerprint density at radius 2 is 2.00 bits per heavy atom. The number of ether oxygens (including phenoxy) is 1. The zero-order valence-corrected chi connectivity index (χ0v) is 7.25. The van der Waals surface area contributed by atoms with Gasteiger partial charge in [-0.15, -0.1) is 0 Å². The van der Waals surface area contributed by atoms with E-state index in [1.807, 2.05) is 0 Å². The Hall–Kier alpha value is -0.560. The van der Waals surface area contributed by atoms with Crippen molar-refractivity contribution in [1.29, 1.82) is 0 Å². The van der Waals surface area contributed by atoms with Gasteiger partial charge in [-0.25, -0.2) is 0 Å². The van der Waals surface area contributed by atoms with Crippen molar-refractivity contribution in [2.24, 2.45) is 0 Å². The monoisotopic (exact) mass is 169 g/mol. The van der Waals surface area contributed by atoms with Crippen LogP contribution in [0.15, 0.2) is 0 Å². The average Bonchev–Trinajstić information content (AvgIpc) is 2.14. The quantitative estimate of drug-likeness (QED) is 0.576. The van der Waals surface area contributed by atoms with E-state index in [0.717, 1.165) is 32.8 Å². The summed E-state index contributed by atoms with van der Waals surface area (Å²) in [5.74, 6) is 5.92. The molecule has 0 bridgehead atoms. The van der Waals surface area contributed by atoms with Gasteiger partial charge < -0.3 is 9.84 Å². The third-order valence-electron chi connectivity index (χ3n) is 1.77. The molecule has 1 rings (SSSR count). The maximum absolute atomic E-state index is 8.47. The van der Waals surface area contributed by atoms with Crippen molar-refractivity contribution in [3.8, 4) is 11.8 Å². The fourth-order valence-corrected chi connectivity index (χ4v) is 1.07. The average molecular weight is 169 g/mol. The molecule has 0 aromatic carbocycles. The topological polar surface area (TPSA) is 32.7 Å². The molecule has 1 fully saturated rings. The first-order valence-electron chi connectivity index (χ1n) is 4.30. The molecule has 1 aliphatic heterocycles. The van der Waals surface area contributed by atoms with E-state index in [4.69, 9.17) is 9.84 Å². The molecule has 12 heavy (non-hydrogen) atoms. The Labute approximate surface area is 73.3 Å². The molecule has 68 valence electrons. The molecule has 0 radical (unpaired) electrons. The molecular formula is C9H15NO2. The highest BCUT2D eigenvalue weighted by Crippen LogP contribution is 1.94. The summed E-state index contributed by atoms with van der Waals surface area (Å²) in [7, 11) is 0. The molecule has 0 aliphatic carbocycles. The van der Waals surface area contributed by atoms with Crippen LogP contribution in [0.4, 0.5) is 0 Å². The maximum Gasteiger partial charge on any atom is 0.0603 e. The fraction of sp³-hybridized carbons (Fsp3) is 0.778. The van der Waals surface area contributed by atoms with Crippen LogP contribution in [0.25, 0.3) is 0 Å². The van der Waals surface area contributed by atoms with Crippen molar-refractivity contribution in [2.45, 2.75) is 6.42 Å². The molecule has 0 unspecified atom stereocenters. The third-order valence-corrected chi connectivity index (χ3v) is 1.77. The number of rotatable bonds is 2. The van der Waals surface area contributed by atoms with E-state index in [9.17, 15) is 0 Å². The van der Waals surface area contributed by atoms with Crippen molar-refractivity contribution >= 4 is 0 Å². The van der Waals surface area contributed by atoms with E-state index in [2.05, 4.69) is 16.7 Å². The summed E-state index contributed by atoms with van der Waals surface area (Å²) in [4.78, 5) is 2.26. The van der Waals surface area contributed by atoms with Crippen LogP contribution in [0.2, 0.25) is 0 Å². The second kappa shape index (κ2) is 6.01. The summed E-state index contributed by atoms with van der Waals surface area (Å²) in [5.41, 5.74) is 0. The van der Waals surface area contributed by atoms with E-state index < -0.39 is 0 Å². The molecule has 3 heteroatoms. The number of aliphatic hydroxyl groups is 1. The van der Waals surface area contributed by atoms with Crippen LogP contribution in [0, 0.1) is 11.8 Å². The SMILES string of the molecule is OCCC#CCN1CCOCC1. The van der Waals surface area contributed by atoms with Gasteiger partial charge in [0.15, 0.2) is 0 Å². The molecular weight excluding hydrogens is 154 g/mol. The molecule has 0 spiro atoms. The molecule has 0 atom stereocenters. The molecule has 1 N–H and O–H groups in total. The third kappa shape index (κ3) is 3.72. The normalized spacial score (nSPS) is 18.4. The zero-order valence-electron chi connectivity index (χ0n) is 7.25. The lowest BCUT2D eigenvalue weighted by Gasteiger charge is -2.24. The summed E-state index contributed by atoms with van der Waals surface area (Å²) < 4.78 is 5.20. The molecule has 0 aromatic heterocycles. The van der Waals surface area contributed by atoms with E-state index >= 15 is 0 Å². The Bertz CT molecular complexity index is 165. The first-order chi connectivity index (χ1) is 5.93. The minimum absolute atomic E-state index is 0.163. The van der Waals surface area contributed by atoms with Crippen LogP contribution in [0.1, 0.15) is 6.42 Å². The number of hydrogen-bond donors (Lipinski definition) is 1. The molecule has 3 nitrogen and oxygen atoms in total.